The van der Waals surface area contributed by atoms with E-state index in [-0.39, 0.29) is 12.1 Å². The van der Waals surface area contributed by atoms with E-state index in [4.69, 9.17) is 16.3 Å². The molecule has 0 atom stereocenters. The molecule has 6 nitrogen and oxygen atoms in total. The fourth-order valence-corrected chi connectivity index (χ4v) is 4.97. The molecular formula is C23H22ClN3O3S. The summed E-state index contributed by atoms with van der Waals surface area (Å²) in [5.41, 5.74) is 2.30. The summed E-state index contributed by atoms with van der Waals surface area (Å²) in [6, 6.07) is 14.4. The Labute approximate surface area is 189 Å². The van der Waals surface area contributed by atoms with Gasteiger partial charge >= 0.3 is 6.03 Å². The van der Waals surface area contributed by atoms with Crippen molar-refractivity contribution in [3.05, 3.63) is 64.8 Å². The summed E-state index contributed by atoms with van der Waals surface area (Å²) < 4.78 is 5.08. The molecule has 3 aromatic rings. The van der Waals surface area contributed by atoms with Gasteiger partial charge in [-0.25, -0.2) is 9.78 Å². The van der Waals surface area contributed by atoms with Crippen LogP contribution < -0.4 is 10.6 Å². The third kappa shape index (κ3) is 5.42. The first-order valence-electron chi connectivity index (χ1n) is 10.1. The van der Waals surface area contributed by atoms with Gasteiger partial charge < -0.3 is 15.4 Å². The number of urea groups is 1. The zero-order chi connectivity index (χ0) is 21.6. The van der Waals surface area contributed by atoms with Crippen molar-refractivity contribution in [2.24, 2.45) is 0 Å². The van der Waals surface area contributed by atoms with E-state index in [0.717, 1.165) is 41.1 Å². The lowest BCUT2D eigenvalue weighted by molar-refractivity contribution is -0.135. The van der Waals surface area contributed by atoms with Gasteiger partial charge in [0.25, 0.3) is 6.47 Å². The van der Waals surface area contributed by atoms with Gasteiger partial charge in [0.2, 0.25) is 0 Å². The summed E-state index contributed by atoms with van der Waals surface area (Å²) in [6.07, 6.45) is 5.68. The van der Waals surface area contributed by atoms with Crippen LogP contribution in [0.25, 0.3) is 10.4 Å². The number of carbonyl (C=O) groups excluding carboxylic acids is 2. The predicted octanol–water partition coefficient (Wildman–Crippen LogP) is 6.31. The largest absolute Gasteiger partial charge is 0.465 e. The average molecular weight is 456 g/mol. The number of nitrogens with one attached hydrogen (secondary N) is 2. The Kier molecular flexibility index (Phi) is 6.84. The highest BCUT2D eigenvalue weighted by Crippen LogP contribution is 2.38. The van der Waals surface area contributed by atoms with Crippen LogP contribution in [-0.2, 0) is 9.53 Å². The van der Waals surface area contributed by atoms with Gasteiger partial charge in [-0.05, 0) is 55.5 Å². The van der Waals surface area contributed by atoms with Crippen molar-refractivity contribution in [1.82, 2.24) is 4.98 Å². The number of aromatic nitrogens is 1. The van der Waals surface area contributed by atoms with Gasteiger partial charge in [-0.2, -0.15) is 0 Å². The first kappa shape index (κ1) is 21.3. The molecule has 4 rings (SSSR count). The van der Waals surface area contributed by atoms with Crippen LogP contribution in [0.1, 0.15) is 36.6 Å². The van der Waals surface area contributed by atoms with Gasteiger partial charge in [0.15, 0.2) is 0 Å². The summed E-state index contributed by atoms with van der Waals surface area (Å²) in [7, 11) is 0. The molecule has 0 saturated heterocycles. The highest BCUT2D eigenvalue weighted by molar-refractivity contribution is 7.15. The fourth-order valence-electron chi connectivity index (χ4n) is 3.70. The number of rotatable bonds is 6. The predicted molar refractivity (Wildman–Crippen MR) is 124 cm³/mol. The maximum absolute atomic E-state index is 12.2. The number of nitrogens with zero attached hydrogens (tertiary/aromatic N) is 1. The number of hydrogen-bond acceptors (Lipinski definition) is 5. The van der Waals surface area contributed by atoms with E-state index in [0.29, 0.717) is 28.8 Å². The topological polar surface area (TPSA) is 80.3 Å². The Morgan fingerprint density at radius 3 is 2.52 bits per heavy atom. The van der Waals surface area contributed by atoms with Gasteiger partial charge in [0.05, 0.1) is 20.6 Å². The average Bonchev–Trinajstić information content (AvgIpc) is 3.27. The molecular weight excluding hydrogens is 434 g/mol. The Hall–Kier alpha value is -2.90. The molecule has 0 bridgehead atoms. The molecule has 8 heteroatoms. The van der Waals surface area contributed by atoms with E-state index >= 15 is 0 Å². The molecule has 2 aromatic carbocycles. The summed E-state index contributed by atoms with van der Waals surface area (Å²) in [4.78, 5) is 28.4. The van der Waals surface area contributed by atoms with Crippen LogP contribution in [0.15, 0.2) is 54.7 Å². The number of hydrogen-bond donors (Lipinski definition) is 2. The Morgan fingerprint density at radius 1 is 1.06 bits per heavy atom. The first-order chi connectivity index (χ1) is 15.1. The second kappa shape index (κ2) is 9.94. The van der Waals surface area contributed by atoms with Crippen LogP contribution in [0, 0.1) is 0 Å². The van der Waals surface area contributed by atoms with Crippen molar-refractivity contribution in [2.45, 2.75) is 37.7 Å². The van der Waals surface area contributed by atoms with E-state index in [1.807, 2.05) is 42.6 Å². The molecule has 31 heavy (non-hydrogen) atoms. The lowest BCUT2D eigenvalue weighted by Crippen LogP contribution is -2.20. The molecule has 1 heterocycles. The van der Waals surface area contributed by atoms with E-state index in [1.165, 1.54) is 0 Å². The van der Waals surface area contributed by atoms with Gasteiger partial charge in [0, 0.05) is 17.8 Å². The van der Waals surface area contributed by atoms with Gasteiger partial charge in [-0.15, -0.1) is 11.3 Å². The number of amides is 2. The maximum Gasteiger partial charge on any atom is 0.323 e. The molecule has 1 aliphatic rings. The highest BCUT2D eigenvalue weighted by Gasteiger charge is 2.25. The highest BCUT2D eigenvalue weighted by atomic mass is 35.5. The molecule has 2 amide bonds. The standard InChI is InChI=1S/C23H22ClN3O3S/c24-19-3-1-2-4-20(19)27-23(29)26-17-9-5-15(6-10-17)21-13-25-22(31-21)16-7-11-18(12-8-16)30-14-28/h1-6,9-10,13-14,16,18H,7-8,11-12H2,(H2,26,27,29). The van der Waals surface area contributed by atoms with Gasteiger partial charge in [-0.1, -0.05) is 35.9 Å². The number of thiazole rings is 1. The molecule has 1 saturated carbocycles. The molecule has 2 N–H and O–H groups in total. The third-order valence-electron chi connectivity index (χ3n) is 5.34. The lowest BCUT2D eigenvalue weighted by atomic mass is 9.88. The Bertz CT molecular complexity index is 1050. The van der Waals surface area contributed by atoms with Crippen LogP contribution in [-0.4, -0.2) is 23.6 Å². The van der Waals surface area contributed by atoms with Crippen LogP contribution in [0.3, 0.4) is 0 Å². The quantitative estimate of drug-likeness (QED) is 0.427. The van der Waals surface area contributed by atoms with E-state index in [9.17, 15) is 9.59 Å². The maximum atomic E-state index is 12.2. The number of halogens is 1. The van der Waals surface area contributed by atoms with Crippen LogP contribution in [0.2, 0.25) is 5.02 Å². The summed E-state index contributed by atoms with van der Waals surface area (Å²) in [5, 5.41) is 7.16. The lowest BCUT2D eigenvalue weighted by Gasteiger charge is -2.25. The molecule has 1 fully saturated rings. The normalized spacial score (nSPS) is 18.2. The SMILES string of the molecule is O=COC1CCC(c2ncc(-c3ccc(NC(=O)Nc4ccccc4Cl)cc3)s2)CC1. The van der Waals surface area contributed by atoms with Crippen LogP contribution in [0.5, 0.6) is 0 Å². The Balaban J connectivity index is 1.35. The third-order valence-corrected chi connectivity index (χ3v) is 6.88. The van der Waals surface area contributed by atoms with Crippen LogP contribution >= 0.6 is 22.9 Å². The minimum Gasteiger partial charge on any atom is -0.465 e. The van der Waals surface area contributed by atoms with E-state index in [2.05, 4.69) is 15.6 Å². The summed E-state index contributed by atoms with van der Waals surface area (Å²) >= 11 is 7.77. The van der Waals surface area contributed by atoms with E-state index in [1.54, 1.807) is 23.5 Å². The number of carbonyl (C=O) groups is 2. The van der Waals surface area contributed by atoms with Crippen molar-refractivity contribution in [1.29, 1.82) is 0 Å². The van der Waals surface area contributed by atoms with Crippen molar-refractivity contribution < 1.29 is 14.3 Å². The molecule has 0 spiro atoms. The zero-order valence-electron chi connectivity index (χ0n) is 16.7. The molecule has 0 aliphatic heterocycles. The smallest absolute Gasteiger partial charge is 0.323 e. The van der Waals surface area contributed by atoms with Crippen molar-refractivity contribution in [3.8, 4) is 10.4 Å². The van der Waals surface area contributed by atoms with Gasteiger partial charge in [-0.3, -0.25) is 4.79 Å². The van der Waals surface area contributed by atoms with Crippen LogP contribution in [0.4, 0.5) is 16.2 Å². The number of ether oxygens (including phenoxy) is 1. The second-order valence-electron chi connectivity index (χ2n) is 7.41. The number of para-hydroxylation sites is 1. The minimum absolute atomic E-state index is 0.0448. The monoisotopic (exact) mass is 455 g/mol. The Morgan fingerprint density at radius 2 is 1.81 bits per heavy atom. The molecule has 1 aliphatic carbocycles. The molecule has 160 valence electrons. The van der Waals surface area contributed by atoms with E-state index < -0.39 is 0 Å². The molecule has 0 unspecified atom stereocenters. The van der Waals surface area contributed by atoms with Crippen molar-refractivity contribution >= 4 is 46.8 Å². The minimum atomic E-state index is -0.352. The van der Waals surface area contributed by atoms with Gasteiger partial charge in [0.1, 0.15) is 6.10 Å². The molecule has 1 aromatic heterocycles. The molecule has 0 radical (unpaired) electrons. The van der Waals surface area contributed by atoms with Crippen molar-refractivity contribution in [3.63, 3.8) is 0 Å². The summed E-state index contributed by atoms with van der Waals surface area (Å²) in [6.45, 7) is 0.547. The number of benzene rings is 2. The zero-order valence-corrected chi connectivity index (χ0v) is 18.3. The second-order valence-corrected chi connectivity index (χ2v) is 8.87. The fraction of sp³-hybridized carbons (Fsp3) is 0.261. The summed E-state index contributed by atoms with van der Waals surface area (Å²) in [5.74, 6) is 0.416. The first-order valence-corrected chi connectivity index (χ1v) is 11.3. The number of anilines is 2. The van der Waals surface area contributed by atoms with Crippen molar-refractivity contribution in [2.75, 3.05) is 10.6 Å².